The Hall–Kier alpha value is -1.32. The first-order valence-electron chi connectivity index (χ1n) is 9.16. The molecule has 148 valence electrons. The van der Waals surface area contributed by atoms with Crippen molar-refractivity contribution < 1.29 is 34.8 Å². The van der Waals surface area contributed by atoms with Crippen molar-refractivity contribution in [3.63, 3.8) is 0 Å². The maximum atomic E-state index is 12.3. The van der Waals surface area contributed by atoms with E-state index in [2.05, 4.69) is 5.32 Å². The van der Waals surface area contributed by atoms with Gasteiger partial charge in [-0.2, -0.15) is 0 Å². The Morgan fingerprint density at radius 1 is 1.27 bits per heavy atom. The molecule has 8 heteroatoms. The minimum atomic E-state index is -1.54. The standard InChI is InChI=1S/C18H29NO7/c1-2-3-4-5-11-10(6-7-12(11)21)8-14(22)19-15-17(24)16(23)13(9-20)26-18(15)25/h3-4,10-11,13,15-18,20,23-25H,2,5-9H2,1H3,(H,19,22)/b4-3-/t10-,11-,13?,15?,16?,17?,18?/m1/s1. The first-order chi connectivity index (χ1) is 12.4. The van der Waals surface area contributed by atoms with E-state index in [4.69, 9.17) is 9.84 Å². The van der Waals surface area contributed by atoms with Gasteiger partial charge in [0, 0.05) is 18.8 Å². The molecule has 0 spiro atoms. The molecule has 0 aromatic heterocycles. The van der Waals surface area contributed by atoms with Crippen LogP contribution in [0.2, 0.25) is 0 Å². The molecule has 1 saturated heterocycles. The molecule has 1 heterocycles. The lowest BCUT2D eigenvalue weighted by Gasteiger charge is -2.40. The number of aliphatic hydroxyl groups is 4. The lowest BCUT2D eigenvalue weighted by molar-refractivity contribution is -0.253. The van der Waals surface area contributed by atoms with Crippen molar-refractivity contribution in [2.75, 3.05) is 6.61 Å². The topological polar surface area (TPSA) is 136 Å². The number of nitrogens with one attached hydrogen (secondary N) is 1. The van der Waals surface area contributed by atoms with E-state index in [1.54, 1.807) is 0 Å². The van der Waals surface area contributed by atoms with Crippen LogP contribution in [0, 0.1) is 11.8 Å². The summed E-state index contributed by atoms with van der Waals surface area (Å²) in [5, 5.41) is 41.4. The summed E-state index contributed by atoms with van der Waals surface area (Å²) < 4.78 is 5.02. The molecule has 0 radical (unpaired) electrons. The number of Topliss-reactive ketones (excluding diaryl/α,β-unsaturated/α-hetero) is 1. The molecule has 0 aromatic rings. The molecule has 2 rings (SSSR count). The SMILES string of the molecule is CC/C=C\C[C@H]1C(=O)CC[C@@H]1CC(=O)NC1C(O)OC(CO)C(O)C1O. The van der Waals surface area contributed by atoms with Crippen LogP contribution < -0.4 is 5.32 Å². The van der Waals surface area contributed by atoms with E-state index in [-0.39, 0.29) is 24.0 Å². The highest BCUT2D eigenvalue weighted by Gasteiger charge is 2.44. The van der Waals surface area contributed by atoms with Gasteiger partial charge in [-0.05, 0) is 25.2 Å². The second-order valence-corrected chi connectivity index (χ2v) is 7.01. The van der Waals surface area contributed by atoms with E-state index in [0.29, 0.717) is 19.3 Å². The zero-order valence-corrected chi connectivity index (χ0v) is 15.0. The van der Waals surface area contributed by atoms with Gasteiger partial charge in [0.2, 0.25) is 5.91 Å². The predicted octanol–water partition coefficient (Wildman–Crippen LogP) is -0.756. The fraction of sp³-hybridized carbons (Fsp3) is 0.778. The first kappa shape index (κ1) is 21.0. The van der Waals surface area contributed by atoms with E-state index in [9.17, 15) is 24.9 Å². The molecule has 26 heavy (non-hydrogen) atoms. The average Bonchev–Trinajstić information content (AvgIpc) is 2.95. The fourth-order valence-corrected chi connectivity index (χ4v) is 3.69. The summed E-state index contributed by atoms with van der Waals surface area (Å²) >= 11 is 0. The predicted molar refractivity (Wildman–Crippen MR) is 91.8 cm³/mol. The van der Waals surface area contributed by atoms with Gasteiger partial charge in [-0.1, -0.05) is 19.1 Å². The average molecular weight is 371 g/mol. The van der Waals surface area contributed by atoms with Crippen LogP contribution in [-0.4, -0.2) is 69.4 Å². The van der Waals surface area contributed by atoms with E-state index >= 15 is 0 Å². The van der Waals surface area contributed by atoms with Crippen LogP contribution in [0.4, 0.5) is 0 Å². The van der Waals surface area contributed by atoms with Crippen molar-refractivity contribution >= 4 is 11.7 Å². The molecule has 8 nitrogen and oxygen atoms in total. The quantitative estimate of drug-likeness (QED) is 0.371. The van der Waals surface area contributed by atoms with Crippen molar-refractivity contribution in [1.29, 1.82) is 0 Å². The second kappa shape index (κ2) is 9.57. The summed E-state index contributed by atoms with van der Waals surface area (Å²) in [6.45, 7) is 1.45. The highest BCUT2D eigenvalue weighted by molar-refractivity contribution is 5.85. The molecular formula is C18H29NO7. The summed E-state index contributed by atoms with van der Waals surface area (Å²) in [6, 6.07) is -1.20. The van der Waals surface area contributed by atoms with Crippen molar-refractivity contribution in [3.05, 3.63) is 12.2 Å². The molecule has 1 amide bonds. The van der Waals surface area contributed by atoms with Crippen LogP contribution in [0.1, 0.15) is 39.0 Å². The number of ether oxygens (including phenoxy) is 1. The normalized spacial score (nSPS) is 38.0. The number of amides is 1. The van der Waals surface area contributed by atoms with Crippen LogP contribution in [-0.2, 0) is 14.3 Å². The third kappa shape index (κ3) is 4.89. The minimum absolute atomic E-state index is 0.0853. The van der Waals surface area contributed by atoms with Crippen LogP contribution >= 0.6 is 0 Å². The Bertz CT molecular complexity index is 524. The number of aliphatic hydroxyl groups excluding tert-OH is 4. The van der Waals surface area contributed by atoms with Gasteiger partial charge < -0.3 is 30.5 Å². The summed E-state index contributed by atoms with van der Waals surface area (Å²) in [5.74, 6) is -0.537. The number of allylic oxidation sites excluding steroid dienone is 2. The van der Waals surface area contributed by atoms with Crippen molar-refractivity contribution in [3.8, 4) is 0 Å². The van der Waals surface area contributed by atoms with Crippen LogP contribution in [0.3, 0.4) is 0 Å². The van der Waals surface area contributed by atoms with Crippen molar-refractivity contribution in [2.45, 2.75) is 69.7 Å². The molecule has 1 saturated carbocycles. The van der Waals surface area contributed by atoms with Gasteiger partial charge >= 0.3 is 0 Å². The summed E-state index contributed by atoms with van der Waals surface area (Å²) in [4.78, 5) is 24.4. The molecule has 1 aliphatic carbocycles. The van der Waals surface area contributed by atoms with Gasteiger partial charge in [-0.15, -0.1) is 0 Å². The largest absolute Gasteiger partial charge is 0.394 e. The maximum Gasteiger partial charge on any atom is 0.220 e. The number of ketones is 1. The Labute approximate surface area is 152 Å². The van der Waals surface area contributed by atoms with Gasteiger partial charge in [-0.25, -0.2) is 0 Å². The highest BCUT2D eigenvalue weighted by atomic mass is 16.6. The van der Waals surface area contributed by atoms with Crippen LogP contribution in [0.25, 0.3) is 0 Å². The summed E-state index contributed by atoms with van der Waals surface area (Å²) in [7, 11) is 0. The highest BCUT2D eigenvalue weighted by Crippen LogP contribution is 2.34. The lowest BCUT2D eigenvalue weighted by Crippen LogP contribution is -2.64. The fourth-order valence-electron chi connectivity index (χ4n) is 3.69. The van der Waals surface area contributed by atoms with E-state index in [1.807, 2.05) is 19.1 Å². The Morgan fingerprint density at radius 2 is 2.00 bits per heavy atom. The molecular weight excluding hydrogens is 342 g/mol. The number of carbonyl (C=O) groups excluding carboxylic acids is 2. The maximum absolute atomic E-state index is 12.3. The summed E-state index contributed by atoms with van der Waals surface area (Å²) in [6.07, 6.45) is 1.11. The number of carbonyl (C=O) groups is 2. The molecule has 1 aliphatic heterocycles. The Morgan fingerprint density at radius 3 is 2.65 bits per heavy atom. The van der Waals surface area contributed by atoms with Gasteiger partial charge in [-0.3, -0.25) is 9.59 Å². The van der Waals surface area contributed by atoms with Gasteiger partial charge in [0.1, 0.15) is 30.1 Å². The smallest absolute Gasteiger partial charge is 0.220 e. The summed E-state index contributed by atoms with van der Waals surface area (Å²) in [5.41, 5.74) is 0. The monoisotopic (exact) mass is 371 g/mol. The number of rotatable bonds is 7. The van der Waals surface area contributed by atoms with E-state index in [1.165, 1.54) is 0 Å². The molecule has 5 N–H and O–H groups in total. The molecule has 2 fully saturated rings. The zero-order valence-electron chi connectivity index (χ0n) is 15.0. The lowest BCUT2D eigenvalue weighted by atomic mass is 9.89. The van der Waals surface area contributed by atoms with Gasteiger partial charge in [0.15, 0.2) is 6.29 Å². The second-order valence-electron chi connectivity index (χ2n) is 7.01. The Kier molecular flexibility index (Phi) is 7.72. The van der Waals surface area contributed by atoms with Crippen molar-refractivity contribution in [2.24, 2.45) is 11.8 Å². The minimum Gasteiger partial charge on any atom is -0.394 e. The van der Waals surface area contributed by atoms with E-state index in [0.717, 1.165) is 6.42 Å². The zero-order chi connectivity index (χ0) is 19.3. The molecule has 0 bridgehead atoms. The number of hydrogen-bond acceptors (Lipinski definition) is 7. The van der Waals surface area contributed by atoms with Crippen LogP contribution in [0.5, 0.6) is 0 Å². The molecule has 5 unspecified atom stereocenters. The number of hydrogen-bond donors (Lipinski definition) is 5. The molecule has 0 aromatic carbocycles. The third-order valence-corrected chi connectivity index (χ3v) is 5.21. The Balaban J connectivity index is 1.93. The van der Waals surface area contributed by atoms with Crippen LogP contribution in [0.15, 0.2) is 12.2 Å². The van der Waals surface area contributed by atoms with Gasteiger partial charge in [0.25, 0.3) is 0 Å². The van der Waals surface area contributed by atoms with Gasteiger partial charge in [0.05, 0.1) is 6.61 Å². The van der Waals surface area contributed by atoms with E-state index < -0.39 is 43.2 Å². The molecule has 7 atom stereocenters. The molecule has 2 aliphatic rings. The van der Waals surface area contributed by atoms with Crippen molar-refractivity contribution in [1.82, 2.24) is 5.32 Å². The first-order valence-corrected chi connectivity index (χ1v) is 9.16. The third-order valence-electron chi connectivity index (χ3n) is 5.21.